The van der Waals surface area contributed by atoms with E-state index in [1.54, 1.807) is 30.5 Å². The standard InChI is InChI=1S/C15H10N4O4/c20-13-12-15(23-14(13)10-3-1-2-6-16-10)18-11-7-8(19(21)22)4-5-9(11)17-12/h1-7,14,17-18H/t14-/m1/s1. The molecule has 1 aromatic carbocycles. The van der Waals surface area contributed by atoms with Crippen LogP contribution in [0.1, 0.15) is 11.8 Å². The summed E-state index contributed by atoms with van der Waals surface area (Å²) in [5, 5.41) is 16.7. The third-order valence-corrected chi connectivity index (χ3v) is 3.63. The monoisotopic (exact) mass is 310 g/mol. The van der Waals surface area contributed by atoms with Crippen molar-refractivity contribution in [3.05, 3.63) is 70.0 Å². The number of hydrogen-bond acceptors (Lipinski definition) is 7. The third kappa shape index (κ3) is 2.08. The number of ketones is 1. The SMILES string of the molecule is O=C1C2=C(Nc3cc([N+](=O)[O-])ccc3N2)O[C@@H]1c1ccccn1. The molecule has 2 N–H and O–H groups in total. The maximum atomic E-state index is 12.5. The first kappa shape index (κ1) is 13.3. The fourth-order valence-electron chi connectivity index (χ4n) is 2.52. The molecule has 2 aromatic rings. The van der Waals surface area contributed by atoms with Gasteiger partial charge in [0.15, 0.2) is 0 Å². The van der Waals surface area contributed by atoms with Crippen LogP contribution < -0.4 is 10.6 Å². The van der Waals surface area contributed by atoms with Crippen LogP contribution in [0.2, 0.25) is 0 Å². The highest BCUT2D eigenvalue weighted by Gasteiger charge is 2.40. The van der Waals surface area contributed by atoms with E-state index in [9.17, 15) is 14.9 Å². The van der Waals surface area contributed by atoms with Crippen LogP contribution in [0.4, 0.5) is 17.1 Å². The van der Waals surface area contributed by atoms with Crippen molar-refractivity contribution in [1.82, 2.24) is 4.98 Å². The van der Waals surface area contributed by atoms with Gasteiger partial charge in [0.1, 0.15) is 5.70 Å². The maximum absolute atomic E-state index is 12.5. The van der Waals surface area contributed by atoms with Crippen molar-refractivity contribution in [2.75, 3.05) is 10.6 Å². The molecule has 1 atom stereocenters. The average Bonchev–Trinajstić information content (AvgIpc) is 2.89. The summed E-state index contributed by atoms with van der Waals surface area (Å²) in [6.45, 7) is 0. The second kappa shape index (κ2) is 4.80. The number of hydrogen-bond donors (Lipinski definition) is 2. The van der Waals surface area contributed by atoms with Gasteiger partial charge in [-0.2, -0.15) is 0 Å². The molecule has 0 saturated carbocycles. The number of benzene rings is 1. The van der Waals surface area contributed by atoms with Gasteiger partial charge in [0, 0.05) is 18.3 Å². The molecule has 23 heavy (non-hydrogen) atoms. The Labute approximate surface area is 129 Å². The predicted molar refractivity (Wildman–Crippen MR) is 80.4 cm³/mol. The maximum Gasteiger partial charge on any atom is 0.271 e. The molecule has 4 rings (SSSR count). The minimum Gasteiger partial charge on any atom is -0.459 e. The highest BCUT2D eigenvalue weighted by molar-refractivity contribution is 6.06. The summed E-state index contributed by atoms with van der Waals surface area (Å²) in [7, 11) is 0. The summed E-state index contributed by atoms with van der Waals surface area (Å²) in [6.07, 6.45) is 0.757. The van der Waals surface area contributed by atoms with Gasteiger partial charge in [-0.3, -0.25) is 19.9 Å². The smallest absolute Gasteiger partial charge is 0.271 e. The lowest BCUT2D eigenvalue weighted by molar-refractivity contribution is -0.384. The number of nitrogens with one attached hydrogen (secondary N) is 2. The van der Waals surface area contributed by atoms with Crippen molar-refractivity contribution >= 4 is 22.8 Å². The number of fused-ring (bicyclic) bond motifs is 1. The van der Waals surface area contributed by atoms with E-state index in [0.717, 1.165) is 0 Å². The molecule has 1 aromatic heterocycles. The number of Topliss-reactive ketones (excluding diaryl/α,β-unsaturated/α-hetero) is 1. The zero-order valence-electron chi connectivity index (χ0n) is 11.6. The van der Waals surface area contributed by atoms with E-state index in [2.05, 4.69) is 15.6 Å². The minimum atomic E-state index is -0.828. The molecule has 114 valence electrons. The van der Waals surface area contributed by atoms with Crippen molar-refractivity contribution in [3.63, 3.8) is 0 Å². The molecule has 2 aliphatic heterocycles. The molecule has 0 amide bonds. The third-order valence-electron chi connectivity index (χ3n) is 3.63. The Morgan fingerprint density at radius 3 is 2.78 bits per heavy atom. The molecule has 2 aliphatic rings. The molecule has 0 fully saturated rings. The molecule has 0 aliphatic carbocycles. The van der Waals surface area contributed by atoms with Gasteiger partial charge in [-0.25, -0.2) is 0 Å². The van der Waals surface area contributed by atoms with Crippen LogP contribution in [-0.2, 0) is 9.53 Å². The fourth-order valence-corrected chi connectivity index (χ4v) is 2.52. The first-order valence-electron chi connectivity index (χ1n) is 6.82. The van der Waals surface area contributed by atoms with Crippen molar-refractivity contribution < 1.29 is 14.5 Å². The number of non-ortho nitro benzene ring substituents is 1. The topological polar surface area (TPSA) is 106 Å². The summed E-state index contributed by atoms with van der Waals surface area (Å²) >= 11 is 0. The molecule has 0 bridgehead atoms. The second-order valence-electron chi connectivity index (χ2n) is 5.06. The van der Waals surface area contributed by atoms with Crippen molar-refractivity contribution in [2.24, 2.45) is 0 Å². The highest BCUT2D eigenvalue weighted by Crippen LogP contribution is 2.40. The largest absolute Gasteiger partial charge is 0.459 e. The van der Waals surface area contributed by atoms with Crippen molar-refractivity contribution in [2.45, 2.75) is 6.10 Å². The fraction of sp³-hybridized carbons (Fsp3) is 0.0667. The number of carbonyl (C=O) groups excluding carboxylic acids is 1. The van der Waals surface area contributed by atoms with Crippen LogP contribution in [0.5, 0.6) is 0 Å². The van der Waals surface area contributed by atoms with Crippen LogP contribution in [0.3, 0.4) is 0 Å². The Balaban J connectivity index is 1.65. The van der Waals surface area contributed by atoms with Crippen LogP contribution in [0.15, 0.2) is 54.2 Å². The van der Waals surface area contributed by atoms with Gasteiger partial charge in [-0.15, -0.1) is 0 Å². The number of pyridine rings is 1. The van der Waals surface area contributed by atoms with Crippen molar-refractivity contribution in [3.8, 4) is 0 Å². The number of anilines is 2. The lowest BCUT2D eigenvalue weighted by Gasteiger charge is -2.19. The van der Waals surface area contributed by atoms with Gasteiger partial charge in [-0.1, -0.05) is 6.07 Å². The molecular weight excluding hydrogens is 300 g/mol. The lowest BCUT2D eigenvalue weighted by Crippen LogP contribution is -2.18. The predicted octanol–water partition coefficient (Wildman–Crippen LogP) is 2.34. The number of rotatable bonds is 2. The van der Waals surface area contributed by atoms with Crippen LogP contribution >= 0.6 is 0 Å². The van der Waals surface area contributed by atoms with Gasteiger partial charge in [0.25, 0.3) is 5.69 Å². The first-order chi connectivity index (χ1) is 11.1. The number of aromatic nitrogens is 1. The van der Waals surface area contributed by atoms with Gasteiger partial charge < -0.3 is 15.4 Å². The zero-order chi connectivity index (χ0) is 16.0. The Morgan fingerprint density at radius 1 is 1.17 bits per heavy atom. The van der Waals surface area contributed by atoms with E-state index in [1.807, 2.05) is 0 Å². The first-order valence-corrected chi connectivity index (χ1v) is 6.82. The minimum absolute atomic E-state index is 0.0484. The van der Waals surface area contributed by atoms with E-state index < -0.39 is 11.0 Å². The van der Waals surface area contributed by atoms with E-state index in [-0.39, 0.29) is 17.4 Å². The molecule has 8 nitrogen and oxygen atoms in total. The number of nitrogens with zero attached hydrogens (tertiary/aromatic N) is 2. The van der Waals surface area contributed by atoms with E-state index in [1.165, 1.54) is 12.1 Å². The summed E-state index contributed by atoms with van der Waals surface area (Å²) < 4.78 is 5.64. The lowest BCUT2D eigenvalue weighted by atomic mass is 10.1. The van der Waals surface area contributed by atoms with Crippen LogP contribution in [-0.4, -0.2) is 15.7 Å². The van der Waals surface area contributed by atoms with Gasteiger partial charge in [-0.05, 0) is 18.2 Å². The number of ether oxygens (including phenoxy) is 1. The molecule has 0 radical (unpaired) electrons. The Kier molecular flexibility index (Phi) is 2.77. The van der Waals surface area contributed by atoms with Gasteiger partial charge in [0.05, 0.1) is 22.0 Å². The summed E-state index contributed by atoms with van der Waals surface area (Å²) in [4.78, 5) is 27.0. The van der Waals surface area contributed by atoms with E-state index in [0.29, 0.717) is 22.8 Å². The number of carbonyl (C=O) groups is 1. The zero-order valence-corrected chi connectivity index (χ0v) is 11.6. The highest BCUT2D eigenvalue weighted by atomic mass is 16.6. The second-order valence-corrected chi connectivity index (χ2v) is 5.06. The quantitative estimate of drug-likeness (QED) is 0.647. The number of nitro benzene ring substituents is 1. The molecular formula is C15H10N4O4. The summed E-state index contributed by atoms with van der Waals surface area (Å²) in [5.74, 6) is 0.00820. The molecule has 3 heterocycles. The Hall–Kier alpha value is -3.42. The molecule has 0 spiro atoms. The normalized spacial score (nSPS) is 18.4. The van der Waals surface area contributed by atoms with Crippen LogP contribution in [0.25, 0.3) is 0 Å². The number of nitro groups is 1. The van der Waals surface area contributed by atoms with Crippen molar-refractivity contribution in [1.29, 1.82) is 0 Å². The van der Waals surface area contributed by atoms with E-state index in [4.69, 9.17) is 4.74 Å². The average molecular weight is 310 g/mol. The summed E-state index contributed by atoms with van der Waals surface area (Å²) in [6, 6.07) is 9.53. The van der Waals surface area contributed by atoms with Gasteiger partial charge in [0.2, 0.25) is 17.8 Å². The molecule has 0 saturated heterocycles. The molecule has 8 heteroatoms. The molecule has 0 unspecified atom stereocenters. The Morgan fingerprint density at radius 2 is 2.04 bits per heavy atom. The Bertz CT molecular complexity index is 863. The van der Waals surface area contributed by atoms with E-state index >= 15 is 0 Å². The summed E-state index contributed by atoms with van der Waals surface area (Å²) in [5.41, 5.74) is 1.81. The van der Waals surface area contributed by atoms with Crippen LogP contribution in [0, 0.1) is 10.1 Å². The van der Waals surface area contributed by atoms with Gasteiger partial charge >= 0.3 is 0 Å².